The molecule has 1 aliphatic heterocycles. The molecule has 3 heterocycles. The summed E-state index contributed by atoms with van der Waals surface area (Å²) in [6.45, 7) is 4.33. The number of halogens is 1. The van der Waals surface area contributed by atoms with Gasteiger partial charge in [0.2, 0.25) is 0 Å². The van der Waals surface area contributed by atoms with Gasteiger partial charge in [0.15, 0.2) is 11.6 Å². The van der Waals surface area contributed by atoms with Crippen LogP contribution in [-0.4, -0.2) is 38.8 Å². The second kappa shape index (κ2) is 8.07. The fourth-order valence-electron chi connectivity index (χ4n) is 3.49. The van der Waals surface area contributed by atoms with Crippen LogP contribution in [0.4, 0.5) is 4.39 Å². The summed E-state index contributed by atoms with van der Waals surface area (Å²) in [5.41, 5.74) is 2.06. The largest absolute Gasteiger partial charge is 0.494 e. The van der Waals surface area contributed by atoms with Crippen LogP contribution in [0.5, 0.6) is 11.5 Å². The van der Waals surface area contributed by atoms with Gasteiger partial charge in [0.1, 0.15) is 23.2 Å². The number of methoxy groups -OCH3 is 1. The van der Waals surface area contributed by atoms with Crippen LogP contribution in [0.2, 0.25) is 0 Å². The number of rotatable bonds is 5. The third-order valence-corrected chi connectivity index (χ3v) is 4.83. The van der Waals surface area contributed by atoms with E-state index in [-0.39, 0.29) is 35.4 Å². The Morgan fingerprint density at radius 3 is 2.68 bits per heavy atom. The number of aromatic nitrogens is 3. The lowest BCUT2D eigenvalue weighted by atomic mass is 10.1. The zero-order chi connectivity index (χ0) is 22.1. The Balaban J connectivity index is 1.63. The topological polar surface area (TPSA) is 93.3 Å². The van der Waals surface area contributed by atoms with Crippen molar-refractivity contribution in [2.45, 2.75) is 33.0 Å². The molecule has 0 saturated carbocycles. The molecule has 31 heavy (non-hydrogen) atoms. The Morgan fingerprint density at radius 2 is 2.06 bits per heavy atom. The predicted molar refractivity (Wildman–Crippen MR) is 108 cm³/mol. The monoisotopic (exact) mass is 421 g/mol. The molecule has 0 bridgehead atoms. The van der Waals surface area contributed by atoms with Crippen molar-refractivity contribution >= 4 is 5.91 Å². The number of pyridine rings is 1. The predicted octanol–water partition coefficient (Wildman–Crippen LogP) is 3.23. The van der Waals surface area contributed by atoms with Crippen molar-refractivity contribution in [2.24, 2.45) is 0 Å². The fourth-order valence-corrected chi connectivity index (χ4v) is 3.49. The summed E-state index contributed by atoms with van der Waals surface area (Å²) in [6, 6.07) is 8.10. The summed E-state index contributed by atoms with van der Waals surface area (Å²) in [5.74, 6) is 0.309. The first-order valence-corrected chi connectivity index (χ1v) is 9.67. The number of amides is 1. The SMILES string of the molecule is COc1c(C#N)ccc(OC(C)C)c1C(=O)N1Cc2cn(-c3ccc(F)cn3)nc2C1. The summed E-state index contributed by atoms with van der Waals surface area (Å²) in [5, 5.41) is 13.9. The van der Waals surface area contributed by atoms with Gasteiger partial charge in [-0.25, -0.2) is 14.1 Å². The first-order valence-electron chi connectivity index (χ1n) is 9.67. The number of ether oxygens (including phenoxy) is 2. The highest BCUT2D eigenvalue weighted by molar-refractivity contribution is 6.00. The van der Waals surface area contributed by atoms with Crippen LogP contribution in [0.1, 0.15) is 41.0 Å². The molecule has 9 heteroatoms. The maximum atomic E-state index is 13.4. The smallest absolute Gasteiger partial charge is 0.262 e. The molecule has 0 spiro atoms. The standard InChI is InChI=1S/C22H20FN5O3/c1-13(2)31-18-6-4-14(8-24)21(30-3)20(18)22(29)27-10-15-11-28(26-17(15)12-27)19-7-5-16(23)9-25-19/h4-7,9,11,13H,10,12H2,1-3H3. The van der Waals surface area contributed by atoms with Crippen molar-refractivity contribution in [3.8, 4) is 23.4 Å². The minimum Gasteiger partial charge on any atom is -0.494 e. The van der Waals surface area contributed by atoms with Gasteiger partial charge in [0, 0.05) is 18.3 Å². The zero-order valence-corrected chi connectivity index (χ0v) is 17.3. The molecular weight excluding hydrogens is 401 g/mol. The van der Waals surface area contributed by atoms with E-state index in [4.69, 9.17) is 9.47 Å². The van der Waals surface area contributed by atoms with E-state index in [9.17, 15) is 14.4 Å². The van der Waals surface area contributed by atoms with Gasteiger partial charge >= 0.3 is 0 Å². The third-order valence-electron chi connectivity index (χ3n) is 4.83. The number of nitrogens with zero attached hydrogens (tertiary/aromatic N) is 5. The van der Waals surface area contributed by atoms with Crippen LogP contribution in [0.15, 0.2) is 36.7 Å². The van der Waals surface area contributed by atoms with E-state index >= 15 is 0 Å². The number of fused-ring (bicyclic) bond motifs is 1. The molecule has 0 N–H and O–H groups in total. The van der Waals surface area contributed by atoms with E-state index < -0.39 is 5.82 Å². The molecule has 0 saturated heterocycles. The minimum atomic E-state index is -0.423. The van der Waals surface area contributed by atoms with Crippen LogP contribution in [0.25, 0.3) is 5.82 Å². The fraction of sp³-hybridized carbons (Fsp3) is 0.273. The molecule has 2 aromatic heterocycles. The Hall–Kier alpha value is -3.93. The van der Waals surface area contributed by atoms with Crippen LogP contribution in [-0.2, 0) is 13.1 Å². The number of carbonyl (C=O) groups is 1. The molecule has 3 aromatic rings. The molecule has 4 rings (SSSR count). The van der Waals surface area contributed by atoms with Crippen molar-refractivity contribution in [3.63, 3.8) is 0 Å². The first-order chi connectivity index (χ1) is 14.9. The number of carbonyl (C=O) groups excluding carboxylic acids is 1. The number of hydrogen-bond acceptors (Lipinski definition) is 6. The second-order valence-corrected chi connectivity index (χ2v) is 7.34. The maximum Gasteiger partial charge on any atom is 0.262 e. The van der Waals surface area contributed by atoms with E-state index in [1.165, 1.54) is 19.2 Å². The van der Waals surface area contributed by atoms with Gasteiger partial charge in [0.05, 0.1) is 37.2 Å². The van der Waals surface area contributed by atoms with Crippen molar-refractivity contribution < 1.29 is 18.7 Å². The second-order valence-electron chi connectivity index (χ2n) is 7.34. The van der Waals surface area contributed by atoms with Gasteiger partial charge < -0.3 is 14.4 Å². The zero-order valence-electron chi connectivity index (χ0n) is 17.3. The molecule has 1 aliphatic rings. The summed E-state index contributed by atoms with van der Waals surface area (Å²) >= 11 is 0. The van der Waals surface area contributed by atoms with Gasteiger partial charge in [-0.15, -0.1) is 0 Å². The quantitative estimate of drug-likeness (QED) is 0.628. The van der Waals surface area contributed by atoms with Crippen LogP contribution in [0.3, 0.4) is 0 Å². The van der Waals surface area contributed by atoms with Crippen LogP contribution >= 0.6 is 0 Å². The molecule has 158 valence electrons. The Morgan fingerprint density at radius 1 is 1.26 bits per heavy atom. The van der Waals surface area contributed by atoms with Gasteiger partial charge in [-0.2, -0.15) is 10.4 Å². The average Bonchev–Trinajstić information content (AvgIpc) is 3.32. The lowest BCUT2D eigenvalue weighted by Crippen LogP contribution is -2.27. The molecule has 0 fully saturated rings. The molecule has 0 aliphatic carbocycles. The van der Waals surface area contributed by atoms with E-state index in [2.05, 4.69) is 16.2 Å². The molecule has 0 radical (unpaired) electrons. The van der Waals surface area contributed by atoms with Crippen LogP contribution < -0.4 is 9.47 Å². The van der Waals surface area contributed by atoms with Crippen molar-refractivity contribution in [3.05, 3.63) is 64.9 Å². The number of nitriles is 1. The van der Waals surface area contributed by atoms with Crippen molar-refractivity contribution in [1.82, 2.24) is 19.7 Å². The summed E-state index contributed by atoms with van der Waals surface area (Å²) < 4.78 is 25.9. The third kappa shape index (κ3) is 3.80. The maximum absolute atomic E-state index is 13.4. The average molecular weight is 421 g/mol. The van der Waals surface area contributed by atoms with E-state index in [0.717, 1.165) is 17.5 Å². The Labute approximate surface area is 178 Å². The van der Waals surface area contributed by atoms with Gasteiger partial charge in [0.25, 0.3) is 5.91 Å². The Kier molecular flexibility index (Phi) is 5.29. The number of benzene rings is 1. The Bertz CT molecular complexity index is 1160. The molecule has 1 aromatic carbocycles. The molecular formula is C22H20FN5O3. The van der Waals surface area contributed by atoms with Crippen molar-refractivity contribution in [1.29, 1.82) is 5.26 Å². The van der Waals surface area contributed by atoms with Gasteiger partial charge in [-0.05, 0) is 38.1 Å². The molecule has 1 amide bonds. The van der Waals surface area contributed by atoms with Gasteiger partial charge in [-0.1, -0.05) is 0 Å². The summed E-state index contributed by atoms with van der Waals surface area (Å²) in [6.07, 6.45) is 2.74. The van der Waals surface area contributed by atoms with E-state index in [0.29, 0.717) is 18.1 Å². The highest BCUT2D eigenvalue weighted by Gasteiger charge is 2.32. The molecule has 0 unspecified atom stereocenters. The van der Waals surface area contributed by atoms with Crippen LogP contribution in [0, 0.1) is 17.1 Å². The highest BCUT2D eigenvalue weighted by atomic mass is 19.1. The minimum absolute atomic E-state index is 0.161. The molecule has 0 atom stereocenters. The van der Waals surface area contributed by atoms with Gasteiger partial charge in [-0.3, -0.25) is 4.79 Å². The lowest BCUT2D eigenvalue weighted by molar-refractivity contribution is 0.0739. The summed E-state index contributed by atoms with van der Waals surface area (Å²) in [7, 11) is 1.42. The van der Waals surface area contributed by atoms with Crippen molar-refractivity contribution in [2.75, 3.05) is 7.11 Å². The molecule has 8 nitrogen and oxygen atoms in total. The number of hydrogen-bond donors (Lipinski definition) is 0. The van der Waals surface area contributed by atoms with E-state index in [1.807, 2.05) is 13.8 Å². The lowest BCUT2D eigenvalue weighted by Gasteiger charge is -2.21. The summed E-state index contributed by atoms with van der Waals surface area (Å²) in [4.78, 5) is 19.1. The normalized spacial score (nSPS) is 12.6. The highest BCUT2D eigenvalue weighted by Crippen LogP contribution is 2.36. The van der Waals surface area contributed by atoms with E-state index in [1.54, 1.807) is 27.9 Å². The first kappa shape index (κ1) is 20.3.